The lowest BCUT2D eigenvalue weighted by atomic mass is 9.84. The highest BCUT2D eigenvalue weighted by Crippen LogP contribution is 2.40. The maximum Gasteiger partial charge on any atom is 0.00967 e. The van der Waals surface area contributed by atoms with Crippen LogP contribution in [0.5, 0.6) is 0 Å². The highest BCUT2D eigenvalue weighted by molar-refractivity contribution is 4.94. The third-order valence-corrected chi connectivity index (χ3v) is 4.41. The Labute approximate surface area is 107 Å². The van der Waals surface area contributed by atoms with Crippen LogP contribution in [0.3, 0.4) is 0 Å². The van der Waals surface area contributed by atoms with Crippen molar-refractivity contribution in [3.8, 4) is 0 Å². The van der Waals surface area contributed by atoms with Crippen molar-refractivity contribution in [1.82, 2.24) is 10.2 Å². The van der Waals surface area contributed by atoms with Crippen molar-refractivity contribution < 1.29 is 0 Å². The molecule has 2 aliphatic carbocycles. The van der Waals surface area contributed by atoms with Crippen LogP contribution in [0, 0.1) is 5.41 Å². The quantitative estimate of drug-likeness (QED) is 0.792. The largest absolute Gasteiger partial charge is 0.311 e. The average Bonchev–Trinajstić information content (AvgIpc) is 2.98. The number of rotatable bonds is 5. The summed E-state index contributed by atoms with van der Waals surface area (Å²) in [5.41, 5.74) is 0.818. The van der Waals surface area contributed by atoms with Crippen LogP contribution in [-0.2, 0) is 0 Å². The van der Waals surface area contributed by atoms with Gasteiger partial charge in [0.1, 0.15) is 0 Å². The molecule has 0 aliphatic heterocycles. The zero-order chi connectivity index (χ0) is 12.5. The molecule has 0 radical (unpaired) electrons. The summed E-state index contributed by atoms with van der Waals surface area (Å²) < 4.78 is 0. The van der Waals surface area contributed by atoms with E-state index in [1.165, 1.54) is 51.6 Å². The van der Waals surface area contributed by atoms with E-state index in [1.807, 2.05) is 0 Å². The van der Waals surface area contributed by atoms with E-state index >= 15 is 0 Å². The first-order valence-corrected chi connectivity index (χ1v) is 7.36. The van der Waals surface area contributed by atoms with E-state index in [0.717, 1.165) is 6.04 Å². The molecule has 0 spiro atoms. The average molecular weight is 238 g/mol. The van der Waals surface area contributed by atoms with Crippen molar-refractivity contribution >= 4 is 0 Å². The molecule has 0 atom stereocenters. The molecular weight excluding hydrogens is 208 g/mol. The number of nitrogens with zero attached hydrogens (tertiary/aromatic N) is 1. The molecule has 0 bridgehead atoms. The monoisotopic (exact) mass is 238 g/mol. The molecule has 0 aromatic heterocycles. The van der Waals surface area contributed by atoms with Gasteiger partial charge < -0.3 is 10.2 Å². The topological polar surface area (TPSA) is 15.3 Å². The number of hydrogen-bond donors (Lipinski definition) is 1. The fourth-order valence-electron chi connectivity index (χ4n) is 3.14. The number of nitrogens with one attached hydrogen (secondary N) is 1. The van der Waals surface area contributed by atoms with Crippen molar-refractivity contribution in [1.29, 1.82) is 0 Å². The van der Waals surface area contributed by atoms with E-state index in [0.29, 0.717) is 5.41 Å². The molecule has 17 heavy (non-hydrogen) atoms. The molecule has 0 aromatic carbocycles. The third-order valence-electron chi connectivity index (χ3n) is 4.41. The van der Waals surface area contributed by atoms with Gasteiger partial charge in [-0.3, -0.25) is 0 Å². The van der Waals surface area contributed by atoms with Gasteiger partial charge in [0.25, 0.3) is 0 Å². The molecule has 2 heteroatoms. The Morgan fingerprint density at radius 3 is 2.24 bits per heavy atom. The van der Waals surface area contributed by atoms with Crippen molar-refractivity contribution in [2.24, 2.45) is 5.41 Å². The highest BCUT2D eigenvalue weighted by atomic mass is 15.2. The van der Waals surface area contributed by atoms with E-state index in [4.69, 9.17) is 0 Å². The molecular formula is C15H30N2. The van der Waals surface area contributed by atoms with E-state index in [-0.39, 0.29) is 5.54 Å². The molecule has 2 saturated carbocycles. The van der Waals surface area contributed by atoms with Crippen LogP contribution in [0.15, 0.2) is 0 Å². The molecule has 2 nitrogen and oxygen atoms in total. The van der Waals surface area contributed by atoms with Crippen LogP contribution in [-0.4, -0.2) is 36.6 Å². The number of hydrogen-bond acceptors (Lipinski definition) is 2. The molecule has 0 amide bonds. The van der Waals surface area contributed by atoms with Gasteiger partial charge in [-0.25, -0.2) is 0 Å². The smallest absolute Gasteiger partial charge is 0.00967 e. The predicted molar refractivity (Wildman–Crippen MR) is 74.3 cm³/mol. The lowest BCUT2D eigenvalue weighted by Crippen LogP contribution is -2.47. The van der Waals surface area contributed by atoms with Gasteiger partial charge in [0.15, 0.2) is 0 Å². The van der Waals surface area contributed by atoms with Gasteiger partial charge in [-0.2, -0.15) is 0 Å². The Bertz CT molecular complexity index is 244. The summed E-state index contributed by atoms with van der Waals surface area (Å²) in [5, 5.41) is 3.74. The van der Waals surface area contributed by atoms with Crippen molar-refractivity contribution in [3.05, 3.63) is 0 Å². The Morgan fingerprint density at radius 1 is 1.18 bits per heavy atom. The minimum atomic E-state index is 0.258. The summed E-state index contributed by atoms with van der Waals surface area (Å²) in [6, 6.07) is 0.905. The van der Waals surface area contributed by atoms with Crippen LogP contribution < -0.4 is 5.32 Å². The normalized spacial score (nSPS) is 24.5. The van der Waals surface area contributed by atoms with Gasteiger partial charge in [0, 0.05) is 24.7 Å². The van der Waals surface area contributed by atoms with E-state index in [9.17, 15) is 0 Å². The second-order valence-corrected chi connectivity index (χ2v) is 7.46. The Balaban J connectivity index is 1.89. The summed E-state index contributed by atoms with van der Waals surface area (Å²) in [5.74, 6) is 0. The lowest BCUT2D eigenvalue weighted by molar-refractivity contribution is 0.156. The zero-order valence-corrected chi connectivity index (χ0v) is 12.2. The summed E-state index contributed by atoms with van der Waals surface area (Å²) in [7, 11) is 2.33. The van der Waals surface area contributed by atoms with Gasteiger partial charge in [-0.05, 0) is 58.9 Å². The summed E-state index contributed by atoms with van der Waals surface area (Å²) in [4.78, 5) is 2.62. The Hall–Kier alpha value is -0.0800. The molecule has 0 unspecified atom stereocenters. The Morgan fingerprint density at radius 2 is 1.76 bits per heavy atom. The predicted octanol–water partition coefficient (Wildman–Crippen LogP) is 3.03. The molecule has 2 fully saturated rings. The second kappa shape index (κ2) is 4.89. The van der Waals surface area contributed by atoms with Gasteiger partial charge in [0.05, 0.1) is 0 Å². The van der Waals surface area contributed by atoms with Crippen LogP contribution in [0.1, 0.15) is 59.3 Å². The molecule has 2 aliphatic rings. The van der Waals surface area contributed by atoms with Crippen molar-refractivity contribution in [2.75, 3.05) is 20.1 Å². The zero-order valence-electron chi connectivity index (χ0n) is 12.2. The molecule has 0 saturated heterocycles. The fourth-order valence-corrected chi connectivity index (χ4v) is 3.14. The van der Waals surface area contributed by atoms with Crippen LogP contribution in [0.25, 0.3) is 0 Å². The molecule has 0 aromatic rings. The summed E-state index contributed by atoms with van der Waals surface area (Å²) in [6.07, 6.45) is 8.58. The molecule has 1 N–H and O–H groups in total. The third kappa shape index (κ3) is 3.96. The van der Waals surface area contributed by atoms with E-state index < -0.39 is 0 Å². The van der Waals surface area contributed by atoms with Crippen molar-refractivity contribution in [2.45, 2.75) is 70.9 Å². The maximum atomic E-state index is 3.74. The minimum absolute atomic E-state index is 0.258. The minimum Gasteiger partial charge on any atom is -0.311 e. The van der Waals surface area contributed by atoms with Crippen LogP contribution >= 0.6 is 0 Å². The lowest BCUT2D eigenvalue weighted by Gasteiger charge is -2.36. The van der Waals surface area contributed by atoms with Gasteiger partial charge in [-0.15, -0.1) is 0 Å². The van der Waals surface area contributed by atoms with Crippen LogP contribution in [0.4, 0.5) is 0 Å². The standard InChI is InChI=1S/C15H30N2/c1-14(2,3)16-11-15(9-5-6-10-15)12-17(4)13-7-8-13/h13,16H,5-12H2,1-4H3. The van der Waals surface area contributed by atoms with Gasteiger partial charge in [-0.1, -0.05) is 12.8 Å². The molecule has 100 valence electrons. The molecule has 0 heterocycles. The SMILES string of the molecule is CN(CC1(CNC(C)(C)C)CCCC1)C1CC1. The van der Waals surface area contributed by atoms with Crippen LogP contribution in [0.2, 0.25) is 0 Å². The Kier molecular flexibility index (Phi) is 3.84. The van der Waals surface area contributed by atoms with Gasteiger partial charge >= 0.3 is 0 Å². The van der Waals surface area contributed by atoms with Gasteiger partial charge in [0.2, 0.25) is 0 Å². The maximum absolute atomic E-state index is 3.74. The first kappa shape index (κ1) is 13.4. The summed E-state index contributed by atoms with van der Waals surface area (Å²) in [6.45, 7) is 9.34. The first-order chi connectivity index (χ1) is 7.90. The van der Waals surface area contributed by atoms with Crippen molar-refractivity contribution in [3.63, 3.8) is 0 Å². The summed E-state index contributed by atoms with van der Waals surface area (Å²) >= 11 is 0. The second-order valence-electron chi connectivity index (χ2n) is 7.46. The molecule has 2 rings (SSSR count). The highest BCUT2D eigenvalue weighted by Gasteiger charge is 2.38. The fraction of sp³-hybridized carbons (Fsp3) is 1.00. The van der Waals surface area contributed by atoms with E-state index in [1.54, 1.807) is 0 Å². The van der Waals surface area contributed by atoms with E-state index in [2.05, 4.69) is 38.0 Å². The first-order valence-electron chi connectivity index (χ1n) is 7.36.